The van der Waals surface area contributed by atoms with Crippen LogP contribution in [0.2, 0.25) is 0 Å². The number of aliphatic hydroxyl groups is 1. The van der Waals surface area contributed by atoms with Crippen LogP contribution >= 0.6 is 0 Å². The molecule has 3 nitrogen and oxygen atoms in total. The second-order valence-corrected chi connectivity index (χ2v) is 3.65. The minimum Gasteiger partial charge on any atom is -0.392 e. The molecule has 0 unspecified atom stereocenters. The van der Waals surface area contributed by atoms with Crippen LogP contribution in [-0.2, 0) is 0 Å². The molecule has 0 aliphatic heterocycles. The Morgan fingerprint density at radius 2 is 2.00 bits per heavy atom. The maximum atomic E-state index is 9.31. The number of hydrogen-bond donors (Lipinski definition) is 3. The Bertz CT molecular complexity index is 118. The van der Waals surface area contributed by atoms with E-state index in [0.717, 1.165) is 6.42 Å². The summed E-state index contributed by atoms with van der Waals surface area (Å²) >= 11 is 0. The van der Waals surface area contributed by atoms with Gasteiger partial charge in [0.2, 0.25) is 0 Å². The van der Waals surface area contributed by atoms with E-state index in [4.69, 9.17) is 11.5 Å². The van der Waals surface area contributed by atoms with Crippen molar-refractivity contribution in [2.75, 3.05) is 13.1 Å². The van der Waals surface area contributed by atoms with Gasteiger partial charge in [-0.05, 0) is 31.2 Å². The lowest BCUT2D eigenvalue weighted by Crippen LogP contribution is -2.41. The molecule has 1 aliphatic carbocycles. The lowest BCUT2D eigenvalue weighted by atomic mass is 9.66. The summed E-state index contributed by atoms with van der Waals surface area (Å²) in [5, 5.41) is 9.31. The van der Waals surface area contributed by atoms with Gasteiger partial charge in [0.05, 0.1) is 6.10 Å². The Kier molecular flexibility index (Phi) is 2.87. The molecule has 0 spiro atoms. The maximum absolute atomic E-state index is 9.31. The summed E-state index contributed by atoms with van der Waals surface area (Å²) in [7, 11) is 0. The van der Waals surface area contributed by atoms with Gasteiger partial charge < -0.3 is 16.6 Å². The van der Waals surface area contributed by atoms with Crippen LogP contribution in [0.5, 0.6) is 0 Å². The normalized spacial score (nSPS) is 24.3. The topological polar surface area (TPSA) is 72.3 Å². The van der Waals surface area contributed by atoms with E-state index in [0.29, 0.717) is 13.1 Å². The van der Waals surface area contributed by atoms with E-state index in [1.165, 1.54) is 19.3 Å². The lowest BCUT2D eigenvalue weighted by Gasteiger charge is -2.42. The number of nitrogens with two attached hydrogens (primary N) is 2. The van der Waals surface area contributed by atoms with Gasteiger partial charge in [-0.3, -0.25) is 0 Å². The monoisotopic (exact) mass is 158 g/mol. The lowest BCUT2D eigenvalue weighted by molar-refractivity contribution is 0.0514. The van der Waals surface area contributed by atoms with Crippen LogP contribution in [0, 0.1) is 5.41 Å². The van der Waals surface area contributed by atoms with E-state index >= 15 is 0 Å². The standard InChI is InChI=1S/C8H18N2O/c9-5-7(11)4-8(6-10)2-1-3-8/h7,11H,1-6,9-10H2/t7-/m1/s1. The van der Waals surface area contributed by atoms with Crippen molar-refractivity contribution in [3.8, 4) is 0 Å². The summed E-state index contributed by atoms with van der Waals surface area (Å²) in [4.78, 5) is 0. The number of hydrogen-bond acceptors (Lipinski definition) is 3. The smallest absolute Gasteiger partial charge is 0.0668 e. The zero-order valence-electron chi connectivity index (χ0n) is 6.92. The first kappa shape index (κ1) is 8.97. The van der Waals surface area contributed by atoms with E-state index in [1.54, 1.807) is 0 Å². The van der Waals surface area contributed by atoms with Crippen LogP contribution in [0.4, 0.5) is 0 Å². The van der Waals surface area contributed by atoms with Crippen LogP contribution in [0.1, 0.15) is 25.7 Å². The zero-order valence-corrected chi connectivity index (χ0v) is 6.92. The van der Waals surface area contributed by atoms with E-state index in [1.807, 2.05) is 0 Å². The summed E-state index contributed by atoms with van der Waals surface area (Å²) in [5.74, 6) is 0. The Morgan fingerprint density at radius 1 is 1.36 bits per heavy atom. The van der Waals surface area contributed by atoms with E-state index in [-0.39, 0.29) is 11.5 Å². The zero-order chi connectivity index (χ0) is 8.32. The molecule has 0 saturated heterocycles. The molecule has 0 radical (unpaired) electrons. The fraction of sp³-hybridized carbons (Fsp3) is 1.00. The fourth-order valence-corrected chi connectivity index (χ4v) is 1.75. The molecule has 0 bridgehead atoms. The van der Waals surface area contributed by atoms with E-state index in [2.05, 4.69) is 0 Å². The van der Waals surface area contributed by atoms with Crippen LogP contribution in [0.15, 0.2) is 0 Å². The highest BCUT2D eigenvalue weighted by atomic mass is 16.3. The average Bonchev–Trinajstić information content (AvgIpc) is 1.96. The van der Waals surface area contributed by atoms with Gasteiger partial charge in [-0.15, -0.1) is 0 Å². The maximum Gasteiger partial charge on any atom is 0.0668 e. The molecular weight excluding hydrogens is 140 g/mol. The molecule has 1 rings (SSSR count). The number of aliphatic hydroxyl groups excluding tert-OH is 1. The molecular formula is C8H18N2O. The first-order valence-corrected chi connectivity index (χ1v) is 4.31. The first-order valence-electron chi connectivity index (χ1n) is 4.31. The summed E-state index contributed by atoms with van der Waals surface area (Å²) in [6.45, 7) is 1.06. The van der Waals surface area contributed by atoms with E-state index < -0.39 is 0 Å². The third kappa shape index (κ3) is 1.92. The molecule has 1 saturated carbocycles. The highest BCUT2D eigenvalue weighted by Crippen LogP contribution is 2.43. The van der Waals surface area contributed by atoms with Crippen molar-refractivity contribution < 1.29 is 5.11 Å². The molecule has 0 heterocycles. The molecule has 5 N–H and O–H groups in total. The first-order chi connectivity index (χ1) is 5.22. The quantitative estimate of drug-likeness (QED) is 0.531. The molecule has 0 aromatic rings. The van der Waals surface area contributed by atoms with Crippen molar-refractivity contribution in [1.82, 2.24) is 0 Å². The third-order valence-corrected chi connectivity index (χ3v) is 2.79. The minimum atomic E-state index is -0.348. The minimum absolute atomic E-state index is 0.235. The van der Waals surface area contributed by atoms with Crippen LogP contribution in [0.3, 0.4) is 0 Å². The highest BCUT2D eigenvalue weighted by Gasteiger charge is 2.36. The van der Waals surface area contributed by atoms with Gasteiger partial charge in [-0.1, -0.05) is 6.42 Å². The Balaban J connectivity index is 2.32. The van der Waals surface area contributed by atoms with Crippen molar-refractivity contribution in [3.63, 3.8) is 0 Å². The molecule has 66 valence electrons. The largest absolute Gasteiger partial charge is 0.392 e. The van der Waals surface area contributed by atoms with Crippen molar-refractivity contribution in [2.24, 2.45) is 16.9 Å². The molecule has 0 aromatic carbocycles. The molecule has 1 fully saturated rings. The predicted octanol–water partition coefficient (Wildman–Crippen LogP) is -0.175. The molecule has 3 heteroatoms. The van der Waals surface area contributed by atoms with Crippen molar-refractivity contribution >= 4 is 0 Å². The molecule has 11 heavy (non-hydrogen) atoms. The Hall–Kier alpha value is -0.120. The number of rotatable bonds is 4. The summed E-state index contributed by atoms with van der Waals surface area (Å²) < 4.78 is 0. The van der Waals surface area contributed by atoms with Crippen LogP contribution < -0.4 is 11.5 Å². The van der Waals surface area contributed by atoms with Crippen LogP contribution in [-0.4, -0.2) is 24.3 Å². The SMILES string of the molecule is NC[C@H](O)CC1(CN)CCC1. The Morgan fingerprint density at radius 3 is 2.27 bits per heavy atom. The van der Waals surface area contributed by atoms with Crippen molar-refractivity contribution in [2.45, 2.75) is 31.8 Å². The summed E-state index contributed by atoms with van der Waals surface area (Å²) in [6.07, 6.45) is 4.04. The molecule has 1 aliphatic rings. The second kappa shape index (κ2) is 3.52. The second-order valence-electron chi connectivity index (χ2n) is 3.65. The fourth-order valence-electron chi connectivity index (χ4n) is 1.75. The van der Waals surface area contributed by atoms with Gasteiger partial charge in [0.25, 0.3) is 0 Å². The van der Waals surface area contributed by atoms with Gasteiger partial charge in [0.15, 0.2) is 0 Å². The average molecular weight is 158 g/mol. The van der Waals surface area contributed by atoms with Gasteiger partial charge in [-0.2, -0.15) is 0 Å². The molecule has 0 aromatic heterocycles. The van der Waals surface area contributed by atoms with E-state index in [9.17, 15) is 5.11 Å². The summed E-state index contributed by atoms with van der Waals surface area (Å²) in [6, 6.07) is 0. The van der Waals surface area contributed by atoms with Gasteiger partial charge in [-0.25, -0.2) is 0 Å². The molecule has 1 atom stereocenters. The van der Waals surface area contributed by atoms with Gasteiger partial charge in [0, 0.05) is 6.54 Å². The predicted molar refractivity (Wildman–Crippen MR) is 45.0 cm³/mol. The van der Waals surface area contributed by atoms with Crippen LogP contribution in [0.25, 0.3) is 0 Å². The van der Waals surface area contributed by atoms with Gasteiger partial charge in [0.1, 0.15) is 0 Å². The van der Waals surface area contributed by atoms with Crippen molar-refractivity contribution in [3.05, 3.63) is 0 Å². The summed E-state index contributed by atoms with van der Waals surface area (Å²) in [5.41, 5.74) is 11.2. The molecule has 0 amide bonds. The third-order valence-electron chi connectivity index (χ3n) is 2.79. The van der Waals surface area contributed by atoms with Gasteiger partial charge >= 0.3 is 0 Å². The highest BCUT2D eigenvalue weighted by molar-refractivity contribution is 4.90. The Labute approximate surface area is 67.8 Å². The van der Waals surface area contributed by atoms with Crippen molar-refractivity contribution in [1.29, 1.82) is 0 Å².